The van der Waals surface area contributed by atoms with Crippen LogP contribution in [0, 0.1) is 5.41 Å². The lowest BCUT2D eigenvalue weighted by atomic mass is 9.68. The molecule has 2 aliphatic rings. The van der Waals surface area contributed by atoms with Crippen molar-refractivity contribution in [1.82, 2.24) is 4.98 Å². The zero-order valence-corrected chi connectivity index (χ0v) is 15.8. The van der Waals surface area contributed by atoms with E-state index in [4.69, 9.17) is 4.74 Å². The maximum Gasteiger partial charge on any atom is 0.422 e. The Morgan fingerprint density at radius 2 is 1.93 bits per heavy atom. The van der Waals surface area contributed by atoms with Crippen molar-refractivity contribution in [3.63, 3.8) is 0 Å². The number of hydrogen-bond acceptors (Lipinski definition) is 5. The summed E-state index contributed by atoms with van der Waals surface area (Å²) in [5.41, 5.74) is -0.839. The molecular weight excluding hydrogens is 377 g/mol. The summed E-state index contributed by atoms with van der Waals surface area (Å²) in [6.07, 6.45) is -0.190. The van der Waals surface area contributed by atoms with Crippen LogP contribution in [0.4, 0.5) is 18.9 Å². The zero-order chi connectivity index (χ0) is 20.4. The number of pyridine rings is 1. The van der Waals surface area contributed by atoms with Crippen molar-refractivity contribution >= 4 is 11.6 Å². The van der Waals surface area contributed by atoms with E-state index in [1.54, 1.807) is 11.0 Å². The summed E-state index contributed by atoms with van der Waals surface area (Å²) in [5, 5.41) is 10.6. The molecule has 0 atom stereocenters. The van der Waals surface area contributed by atoms with Gasteiger partial charge in [0.2, 0.25) is 11.8 Å². The molecule has 28 heavy (non-hydrogen) atoms. The van der Waals surface area contributed by atoms with E-state index in [-0.39, 0.29) is 18.4 Å². The van der Waals surface area contributed by atoms with Gasteiger partial charge in [0.1, 0.15) is 0 Å². The molecule has 1 amide bonds. The smallest absolute Gasteiger partial charge is 0.422 e. The first-order valence-corrected chi connectivity index (χ1v) is 9.44. The van der Waals surface area contributed by atoms with Crippen molar-refractivity contribution in [2.45, 2.75) is 50.8 Å². The largest absolute Gasteiger partial charge is 0.468 e. The molecule has 1 saturated heterocycles. The molecule has 1 saturated carbocycles. The number of halogens is 3. The number of carbonyl (C=O) groups is 1. The van der Waals surface area contributed by atoms with Crippen LogP contribution in [0.3, 0.4) is 0 Å². The van der Waals surface area contributed by atoms with Crippen LogP contribution in [-0.4, -0.2) is 54.1 Å². The summed E-state index contributed by atoms with van der Waals surface area (Å²) in [6.45, 7) is 1.80. The molecule has 156 valence electrons. The Bertz CT molecular complexity index is 685. The van der Waals surface area contributed by atoms with E-state index in [1.165, 1.54) is 12.3 Å². The molecule has 3 rings (SSSR count). The number of anilines is 1. The zero-order valence-electron chi connectivity index (χ0n) is 15.8. The predicted octanol–water partition coefficient (Wildman–Crippen LogP) is 3.09. The van der Waals surface area contributed by atoms with Crippen molar-refractivity contribution < 1.29 is 32.5 Å². The Balaban J connectivity index is 1.61. The van der Waals surface area contributed by atoms with Crippen molar-refractivity contribution in [2.75, 3.05) is 31.3 Å². The van der Waals surface area contributed by atoms with Gasteiger partial charge in [0.05, 0.1) is 29.5 Å². The van der Waals surface area contributed by atoms with Gasteiger partial charge in [-0.15, -0.1) is 0 Å². The lowest BCUT2D eigenvalue weighted by Gasteiger charge is -2.40. The normalized spacial score (nSPS) is 28.2. The molecule has 1 aliphatic carbocycles. The second kappa shape index (κ2) is 7.87. The topological polar surface area (TPSA) is 71.9 Å². The third-order valence-electron chi connectivity index (χ3n) is 5.64. The molecule has 0 unspecified atom stereocenters. The summed E-state index contributed by atoms with van der Waals surface area (Å²) in [4.78, 5) is 18.6. The van der Waals surface area contributed by atoms with Gasteiger partial charge in [-0.25, -0.2) is 4.98 Å². The minimum atomic E-state index is -4.43. The fourth-order valence-electron chi connectivity index (χ4n) is 3.93. The van der Waals surface area contributed by atoms with Crippen molar-refractivity contribution in [2.24, 2.45) is 5.41 Å². The summed E-state index contributed by atoms with van der Waals surface area (Å²) in [5.74, 6) is -0.155. The Morgan fingerprint density at radius 1 is 1.21 bits per heavy atom. The number of rotatable bonds is 6. The molecule has 2 heterocycles. The first-order valence-electron chi connectivity index (χ1n) is 9.44. The maximum absolute atomic E-state index is 13.1. The van der Waals surface area contributed by atoms with E-state index >= 15 is 0 Å². The van der Waals surface area contributed by atoms with Gasteiger partial charge in [-0.05, 0) is 45.1 Å². The number of alkyl halides is 3. The third-order valence-corrected chi connectivity index (χ3v) is 5.64. The van der Waals surface area contributed by atoms with Gasteiger partial charge in [-0.1, -0.05) is 0 Å². The molecule has 0 bridgehead atoms. The molecule has 6 nitrogen and oxygen atoms in total. The number of aromatic nitrogens is 1. The van der Waals surface area contributed by atoms with Gasteiger partial charge < -0.3 is 19.5 Å². The molecule has 1 spiro atoms. The molecule has 1 aromatic heterocycles. The van der Waals surface area contributed by atoms with Crippen LogP contribution in [0.2, 0.25) is 0 Å². The van der Waals surface area contributed by atoms with Crippen molar-refractivity contribution in [3.8, 4) is 5.88 Å². The number of aliphatic hydroxyl groups is 1. The maximum atomic E-state index is 13.1. The standard InChI is InChI=1S/C19H25F3N2O4/c1-2-27-12-18(26)7-5-17(6-8-18)9-10-24(16(17)25)14-3-4-15(23-11-14)28-13-19(20,21)22/h3-4,11,26H,2,5-10,12-13H2,1H3. The van der Waals surface area contributed by atoms with Gasteiger partial charge >= 0.3 is 6.18 Å². The monoisotopic (exact) mass is 402 g/mol. The molecule has 9 heteroatoms. The van der Waals surface area contributed by atoms with Crippen molar-refractivity contribution in [3.05, 3.63) is 18.3 Å². The second-order valence-corrected chi connectivity index (χ2v) is 7.61. The van der Waals surface area contributed by atoms with E-state index in [9.17, 15) is 23.1 Å². The Hall–Kier alpha value is -1.87. The minimum absolute atomic E-state index is 0.0169. The van der Waals surface area contributed by atoms with Crippen molar-refractivity contribution in [1.29, 1.82) is 0 Å². The fraction of sp³-hybridized carbons (Fsp3) is 0.684. The molecule has 1 aliphatic heterocycles. The van der Waals surface area contributed by atoms with Gasteiger partial charge in [0, 0.05) is 19.2 Å². The highest BCUT2D eigenvalue weighted by Gasteiger charge is 2.51. The number of nitrogens with zero attached hydrogens (tertiary/aromatic N) is 2. The SMILES string of the molecule is CCOCC1(O)CCC2(CCN(c3ccc(OCC(F)(F)F)nc3)C2=O)CC1. The first-order chi connectivity index (χ1) is 13.2. The molecule has 0 radical (unpaired) electrons. The highest BCUT2D eigenvalue weighted by Crippen LogP contribution is 2.48. The van der Waals surface area contributed by atoms with E-state index in [1.807, 2.05) is 6.92 Å². The van der Waals surface area contributed by atoms with E-state index in [2.05, 4.69) is 9.72 Å². The lowest BCUT2D eigenvalue weighted by molar-refractivity contribution is -0.154. The highest BCUT2D eigenvalue weighted by molar-refractivity contribution is 5.99. The van der Waals surface area contributed by atoms with Crippen LogP contribution < -0.4 is 9.64 Å². The summed E-state index contributed by atoms with van der Waals surface area (Å²) < 4.78 is 46.6. The van der Waals surface area contributed by atoms with Crippen LogP contribution in [0.15, 0.2) is 18.3 Å². The summed E-state index contributed by atoms with van der Waals surface area (Å²) >= 11 is 0. The first kappa shape index (κ1) is 20.9. The van der Waals surface area contributed by atoms with Gasteiger partial charge in [0.25, 0.3) is 0 Å². The van der Waals surface area contributed by atoms with E-state index in [0.29, 0.717) is 50.9 Å². The number of ether oxygens (including phenoxy) is 2. The average molecular weight is 402 g/mol. The summed E-state index contributed by atoms with van der Waals surface area (Å²) in [6, 6.07) is 2.88. The molecule has 0 aromatic carbocycles. The Kier molecular flexibility index (Phi) is 5.86. The quantitative estimate of drug-likeness (QED) is 0.792. The summed E-state index contributed by atoms with van der Waals surface area (Å²) in [7, 11) is 0. The van der Waals surface area contributed by atoms with Gasteiger partial charge in [0.15, 0.2) is 6.61 Å². The molecular formula is C19H25F3N2O4. The van der Waals surface area contributed by atoms with E-state index < -0.39 is 23.8 Å². The average Bonchev–Trinajstić information content (AvgIpc) is 2.98. The van der Waals surface area contributed by atoms with Crippen LogP contribution in [0.5, 0.6) is 5.88 Å². The van der Waals surface area contributed by atoms with Gasteiger partial charge in [-0.2, -0.15) is 13.2 Å². The lowest BCUT2D eigenvalue weighted by Crippen LogP contribution is -2.45. The molecule has 1 aromatic rings. The minimum Gasteiger partial charge on any atom is -0.468 e. The van der Waals surface area contributed by atoms with Gasteiger partial charge in [-0.3, -0.25) is 4.79 Å². The molecule has 1 N–H and O–H groups in total. The predicted molar refractivity (Wildman–Crippen MR) is 95.1 cm³/mol. The fourth-order valence-corrected chi connectivity index (χ4v) is 3.93. The number of amides is 1. The van der Waals surface area contributed by atoms with Crippen LogP contribution in [0.1, 0.15) is 39.0 Å². The number of hydrogen-bond donors (Lipinski definition) is 1. The number of carbonyl (C=O) groups excluding carboxylic acids is 1. The Labute approximate surface area is 161 Å². The second-order valence-electron chi connectivity index (χ2n) is 7.61. The van der Waals surface area contributed by atoms with Crippen LogP contribution >= 0.6 is 0 Å². The van der Waals surface area contributed by atoms with E-state index in [0.717, 1.165) is 0 Å². The Morgan fingerprint density at radius 3 is 2.50 bits per heavy atom. The third kappa shape index (κ3) is 4.57. The van der Waals surface area contributed by atoms with Crippen LogP contribution in [-0.2, 0) is 9.53 Å². The molecule has 2 fully saturated rings. The van der Waals surface area contributed by atoms with Crippen LogP contribution in [0.25, 0.3) is 0 Å². The highest BCUT2D eigenvalue weighted by atomic mass is 19.4.